The minimum Gasteiger partial charge on any atom is -0.389 e. The molecule has 1 N–H and O–H groups in total. The number of nitrogens with zero attached hydrogens (tertiary/aromatic N) is 1. The number of rotatable bonds is 3. The Morgan fingerprint density at radius 2 is 2.29 bits per heavy atom. The number of aliphatic hydroxyl groups excluding tert-OH is 1. The van der Waals surface area contributed by atoms with Gasteiger partial charge in [0.15, 0.2) is 0 Å². The van der Waals surface area contributed by atoms with Gasteiger partial charge in [-0.1, -0.05) is 0 Å². The van der Waals surface area contributed by atoms with Gasteiger partial charge in [0.25, 0.3) is 0 Å². The molecule has 3 atom stereocenters. The maximum absolute atomic E-state index is 9.63. The summed E-state index contributed by atoms with van der Waals surface area (Å²) < 4.78 is 10.8. The lowest BCUT2D eigenvalue weighted by molar-refractivity contribution is 0.0427. The van der Waals surface area contributed by atoms with E-state index in [1.807, 2.05) is 7.05 Å². The van der Waals surface area contributed by atoms with Gasteiger partial charge in [-0.2, -0.15) is 0 Å². The summed E-state index contributed by atoms with van der Waals surface area (Å²) in [6, 6.07) is 0.152. The summed E-state index contributed by atoms with van der Waals surface area (Å²) in [5.41, 5.74) is 0. The minimum absolute atomic E-state index is 0.152. The van der Waals surface area contributed by atoms with Crippen molar-refractivity contribution in [3.63, 3.8) is 0 Å². The van der Waals surface area contributed by atoms with Crippen molar-refractivity contribution in [2.24, 2.45) is 0 Å². The van der Waals surface area contributed by atoms with Crippen molar-refractivity contribution in [2.75, 3.05) is 33.4 Å². The first-order valence-electron chi connectivity index (χ1n) is 5.35. The molecular weight excluding hydrogens is 182 g/mol. The number of likely N-dealkylation sites (N-methyl/N-ethyl adjacent to an activating group) is 1. The predicted octanol–water partition coefficient (Wildman–Crippen LogP) is -0.143. The van der Waals surface area contributed by atoms with Crippen molar-refractivity contribution in [1.29, 1.82) is 0 Å². The van der Waals surface area contributed by atoms with E-state index in [-0.39, 0.29) is 12.1 Å². The Hall–Kier alpha value is -0.160. The Bertz CT molecular complexity index is 182. The van der Waals surface area contributed by atoms with Crippen LogP contribution in [0.2, 0.25) is 0 Å². The van der Waals surface area contributed by atoms with Gasteiger partial charge in [-0.3, -0.25) is 4.90 Å². The van der Waals surface area contributed by atoms with Crippen LogP contribution in [0.15, 0.2) is 0 Å². The lowest BCUT2D eigenvalue weighted by Gasteiger charge is -2.27. The molecule has 2 saturated heterocycles. The minimum atomic E-state index is -0.332. The molecule has 0 saturated carbocycles. The smallest absolute Gasteiger partial charge is 0.0950 e. The molecule has 2 aliphatic heterocycles. The van der Waals surface area contributed by atoms with Crippen LogP contribution < -0.4 is 0 Å². The molecule has 3 unspecified atom stereocenters. The Morgan fingerprint density at radius 3 is 2.86 bits per heavy atom. The molecule has 0 aromatic carbocycles. The first kappa shape index (κ1) is 10.4. The van der Waals surface area contributed by atoms with Crippen molar-refractivity contribution >= 4 is 0 Å². The van der Waals surface area contributed by atoms with Crippen LogP contribution in [0.3, 0.4) is 0 Å². The third-order valence-corrected chi connectivity index (χ3v) is 3.10. The number of hydrogen-bond donors (Lipinski definition) is 1. The molecule has 0 amide bonds. The zero-order valence-electron chi connectivity index (χ0n) is 8.69. The predicted molar refractivity (Wildman–Crippen MR) is 52.2 cm³/mol. The highest BCUT2D eigenvalue weighted by Gasteiger charge is 2.31. The Labute approximate surface area is 84.8 Å². The number of ether oxygens (including phenoxy) is 2. The standard InChI is InChI=1S/C10H19NO3/c1-11(5-8-3-2-4-14-8)9-6-13-7-10(9)12/h8-10,12H,2-7H2,1H3. The molecule has 4 heteroatoms. The highest BCUT2D eigenvalue weighted by molar-refractivity contribution is 4.83. The molecule has 0 bridgehead atoms. The summed E-state index contributed by atoms with van der Waals surface area (Å²) in [6.45, 7) is 2.91. The van der Waals surface area contributed by atoms with E-state index >= 15 is 0 Å². The largest absolute Gasteiger partial charge is 0.389 e. The third kappa shape index (κ3) is 2.25. The molecule has 2 rings (SSSR count). The molecule has 0 aromatic rings. The Morgan fingerprint density at radius 1 is 1.43 bits per heavy atom. The van der Waals surface area contributed by atoms with Crippen LogP contribution in [0.5, 0.6) is 0 Å². The van der Waals surface area contributed by atoms with Crippen LogP contribution >= 0.6 is 0 Å². The molecule has 0 spiro atoms. The molecule has 0 radical (unpaired) electrons. The average Bonchev–Trinajstić information content (AvgIpc) is 2.75. The van der Waals surface area contributed by atoms with Crippen molar-refractivity contribution < 1.29 is 14.6 Å². The first-order chi connectivity index (χ1) is 6.77. The molecule has 0 aliphatic carbocycles. The second-order valence-corrected chi connectivity index (χ2v) is 4.25. The van der Waals surface area contributed by atoms with Crippen LogP contribution in [0.25, 0.3) is 0 Å². The van der Waals surface area contributed by atoms with Gasteiger partial charge < -0.3 is 14.6 Å². The first-order valence-corrected chi connectivity index (χ1v) is 5.35. The molecule has 0 aromatic heterocycles. The van der Waals surface area contributed by atoms with Crippen molar-refractivity contribution in [3.05, 3.63) is 0 Å². The maximum Gasteiger partial charge on any atom is 0.0950 e. The van der Waals surface area contributed by atoms with Crippen LogP contribution in [0.4, 0.5) is 0 Å². The van der Waals surface area contributed by atoms with Crippen molar-refractivity contribution in [1.82, 2.24) is 4.90 Å². The van der Waals surface area contributed by atoms with E-state index in [2.05, 4.69) is 4.90 Å². The molecule has 4 nitrogen and oxygen atoms in total. The van der Waals surface area contributed by atoms with Gasteiger partial charge >= 0.3 is 0 Å². The fourth-order valence-corrected chi connectivity index (χ4v) is 2.20. The van der Waals surface area contributed by atoms with E-state index in [1.165, 1.54) is 6.42 Å². The molecular formula is C10H19NO3. The molecule has 82 valence electrons. The van der Waals surface area contributed by atoms with Crippen LogP contribution in [-0.4, -0.2) is 61.7 Å². The van der Waals surface area contributed by atoms with Crippen LogP contribution in [0, 0.1) is 0 Å². The van der Waals surface area contributed by atoms with E-state index in [9.17, 15) is 5.11 Å². The fraction of sp³-hybridized carbons (Fsp3) is 1.00. The summed E-state index contributed by atoms with van der Waals surface area (Å²) >= 11 is 0. The number of hydrogen-bond acceptors (Lipinski definition) is 4. The van der Waals surface area contributed by atoms with E-state index < -0.39 is 0 Å². The Balaban J connectivity index is 1.78. The van der Waals surface area contributed by atoms with Gasteiger partial charge in [-0.25, -0.2) is 0 Å². The zero-order valence-corrected chi connectivity index (χ0v) is 8.69. The van der Waals surface area contributed by atoms with Gasteiger partial charge in [0, 0.05) is 13.2 Å². The molecule has 2 aliphatic rings. The van der Waals surface area contributed by atoms with Crippen molar-refractivity contribution in [3.8, 4) is 0 Å². The van der Waals surface area contributed by atoms with Gasteiger partial charge in [0.2, 0.25) is 0 Å². The summed E-state index contributed by atoms with van der Waals surface area (Å²) in [7, 11) is 2.03. The molecule has 14 heavy (non-hydrogen) atoms. The quantitative estimate of drug-likeness (QED) is 0.690. The van der Waals surface area contributed by atoms with Gasteiger partial charge in [-0.05, 0) is 19.9 Å². The van der Waals surface area contributed by atoms with E-state index in [4.69, 9.17) is 9.47 Å². The maximum atomic E-state index is 9.63. The Kier molecular flexibility index (Phi) is 3.38. The highest BCUT2D eigenvalue weighted by Crippen LogP contribution is 2.17. The fourth-order valence-electron chi connectivity index (χ4n) is 2.20. The second-order valence-electron chi connectivity index (χ2n) is 4.25. The lowest BCUT2D eigenvalue weighted by Crippen LogP contribution is -2.43. The van der Waals surface area contributed by atoms with Crippen LogP contribution in [-0.2, 0) is 9.47 Å². The van der Waals surface area contributed by atoms with E-state index in [0.717, 1.165) is 19.6 Å². The molecule has 2 fully saturated rings. The topological polar surface area (TPSA) is 41.9 Å². The third-order valence-electron chi connectivity index (χ3n) is 3.10. The summed E-state index contributed by atoms with van der Waals surface area (Å²) in [5, 5.41) is 9.63. The van der Waals surface area contributed by atoms with Gasteiger partial charge in [0.1, 0.15) is 0 Å². The van der Waals surface area contributed by atoms with E-state index in [1.54, 1.807) is 0 Å². The average molecular weight is 201 g/mol. The molecule has 2 heterocycles. The lowest BCUT2D eigenvalue weighted by atomic mass is 10.1. The van der Waals surface area contributed by atoms with Gasteiger partial charge in [-0.15, -0.1) is 0 Å². The highest BCUT2D eigenvalue weighted by atomic mass is 16.5. The van der Waals surface area contributed by atoms with E-state index in [0.29, 0.717) is 19.3 Å². The van der Waals surface area contributed by atoms with Crippen LogP contribution in [0.1, 0.15) is 12.8 Å². The summed E-state index contributed by atoms with van der Waals surface area (Å²) in [4.78, 5) is 2.16. The summed E-state index contributed by atoms with van der Waals surface area (Å²) in [5.74, 6) is 0. The normalized spacial score (nSPS) is 38.4. The second kappa shape index (κ2) is 4.57. The summed E-state index contributed by atoms with van der Waals surface area (Å²) in [6.07, 6.45) is 2.34. The van der Waals surface area contributed by atoms with Gasteiger partial charge in [0.05, 0.1) is 31.5 Å². The zero-order chi connectivity index (χ0) is 9.97. The van der Waals surface area contributed by atoms with Crippen molar-refractivity contribution in [2.45, 2.75) is 31.1 Å². The SMILES string of the molecule is CN(CC1CCCO1)C1COCC1O. The number of aliphatic hydroxyl groups is 1. The monoisotopic (exact) mass is 201 g/mol.